The highest BCUT2D eigenvalue weighted by molar-refractivity contribution is 7.91. The average Bonchev–Trinajstić information content (AvgIpc) is 2.78. The van der Waals surface area contributed by atoms with Gasteiger partial charge in [-0.3, -0.25) is 4.79 Å². The number of carbonyl (C=O) groups is 2. The van der Waals surface area contributed by atoms with Gasteiger partial charge in [0.25, 0.3) is 5.91 Å². The Morgan fingerprint density at radius 1 is 1.35 bits per heavy atom. The number of hydrogen-bond acceptors (Lipinski definition) is 6. The zero-order valence-electron chi connectivity index (χ0n) is 12.5. The van der Waals surface area contributed by atoms with Crippen LogP contribution in [0, 0.1) is 11.3 Å². The van der Waals surface area contributed by atoms with Gasteiger partial charge in [0.05, 0.1) is 34.2 Å². The molecule has 1 saturated heterocycles. The Morgan fingerprint density at radius 2 is 2.00 bits per heavy atom. The second-order valence-electron chi connectivity index (χ2n) is 5.72. The van der Waals surface area contributed by atoms with E-state index in [4.69, 9.17) is 10.00 Å². The minimum atomic E-state index is -3.13. The predicted molar refractivity (Wildman–Crippen MR) is 81.3 cm³/mol. The van der Waals surface area contributed by atoms with Crippen LogP contribution in [0.3, 0.4) is 0 Å². The second kappa shape index (κ2) is 6.38. The zero-order chi connectivity index (χ0) is 17.1. The fourth-order valence-electron chi connectivity index (χ4n) is 2.38. The quantitative estimate of drug-likeness (QED) is 0.797. The first-order valence-corrected chi connectivity index (χ1v) is 8.74. The number of nitrogens with one attached hydrogen (secondary N) is 1. The molecule has 7 nitrogen and oxygen atoms in total. The predicted octanol–water partition coefficient (Wildman–Crippen LogP) is 0.408. The monoisotopic (exact) mass is 336 g/mol. The Kier molecular flexibility index (Phi) is 4.71. The van der Waals surface area contributed by atoms with E-state index in [0.29, 0.717) is 12.0 Å². The first kappa shape index (κ1) is 17.0. The molecule has 2 rings (SSSR count). The average molecular weight is 336 g/mol. The van der Waals surface area contributed by atoms with Crippen molar-refractivity contribution in [3.63, 3.8) is 0 Å². The fourth-order valence-corrected chi connectivity index (χ4v) is 4.47. The lowest BCUT2D eigenvalue weighted by atomic mass is 10.0. The zero-order valence-corrected chi connectivity index (χ0v) is 13.4. The van der Waals surface area contributed by atoms with Crippen LogP contribution in [-0.2, 0) is 19.4 Å². The molecule has 1 atom stereocenters. The van der Waals surface area contributed by atoms with Gasteiger partial charge >= 0.3 is 5.97 Å². The maximum Gasteiger partial charge on any atom is 0.338 e. The van der Waals surface area contributed by atoms with Crippen LogP contribution >= 0.6 is 0 Å². The highest BCUT2D eigenvalue weighted by Gasteiger charge is 2.39. The van der Waals surface area contributed by atoms with Gasteiger partial charge in [-0.25, -0.2) is 13.2 Å². The third kappa shape index (κ3) is 4.53. The maximum atomic E-state index is 11.8. The summed E-state index contributed by atoms with van der Waals surface area (Å²) < 4.78 is 27.8. The van der Waals surface area contributed by atoms with Crippen LogP contribution in [0.25, 0.3) is 0 Å². The summed E-state index contributed by atoms with van der Waals surface area (Å²) in [5.74, 6) is -1.31. The van der Waals surface area contributed by atoms with E-state index < -0.39 is 33.9 Å². The van der Waals surface area contributed by atoms with Gasteiger partial charge in [0.2, 0.25) is 0 Å². The summed E-state index contributed by atoms with van der Waals surface area (Å²) in [4.78, 5) is 23.6. The van der Waals surface area contributed by atoms with Crippen LogP contribution in [0.15, 0.2) is 24.3 Å². The number of rotatable bonds is 4. The summed E-state index contributed by atoms with van der Waals surface area (Å²) in [5, 5.41) is 11.3. The topological polar surface area (TPSA) is 113 Å². The number of hydrogen-bond donors (Lipinski definition) is 1. The Bertz CT molecular complexity index is 764. The number of esters is 1. The molecule has 0 spiro atoms. The summed E-state index contributed by atoms with van der Waals surface area (Å²) in [6.45, 7) is 1.16. The minimum absolute atomic E-state index is 0.0365. The second-order valence-corrected chi connectivity index (χ2v) is 7.90. The molecule has 1 unspecified atom stereocenters. The lowest BCUT2D eigenvalue weighted by molar-refractivity contribution is -0.125. The highest BCUT2D eigenvalue weighted by atomic mass is 32.2. The Balaban J connectivity index is 1.86. The van der Waals surface area contributed by atoms with Crippen LogP contribution in [0.1, 0.15) is 29.3 Å². The minimum Gasteiger partial charge on any atom is -0.452 e. The first-order valence-electron chi connectivity index (χ1n) is 6.92. The van der Waals surface area contributed by atoms with Crippen LogP contribution < -0.4 is 5.32 Å². The molecule has 1 aromatic carbocycles. The number of nitriles is 1. The molecule has 8 heteroatoms. The molecule has 1 fully saturated rings. The Hall–Kier alpha value is -2.40. The van der Waals surface area contributed by atoms with Crippen LogP contribution in [0.2, 0.25) is 0 Å². The molecule has 1 aliphatic rings. The SMILES string of the molecule is CC1(NC(=O)COC(=O)c2ccc(C#N)cc2)CCS(=O)(=O)C1. The van der Waals surface area contributed by atoms with Crippen molar-refractivity contribution in [2.24, 2.45) is 0 Å². The number of nitrogens with zero attached hydrogens (tertiary/aromatic N) is 1. The van der Waals surface area contributed by atoms with Crippen LogP contribution in [0.4, 0.5) is 0 Å². The van der Waals surface area contributed by atoms with E-state index in [-0.39, 0.29) is 17.1 Å². The third-order valence-corrected chi connectivity index (χ3v) is 5.43. The molecule has 1 N–H and O–H groups in total. The molecular weight excluding hydrogens is 320 g/mol. The van der Waals surface area contributed by atoms with Crippen LogP contribution in [-0.4, -0.2) is 43.9 Å². The molecule has 0 aliphatic carbocycles. The van der Waals surface area contributed by atoms with Crippen LogP contribution in [0.5, 0.6) is 0 Å². The molecule has 1 amide bonds. The molecule has 1 aromatic rings. The van der Waals surface area contributed by atoms with Crippen molar-refractivity contribution in [2.45, 2.75) is 18.9 Å². The largest absolute Gasteiger partial charge is 0.452 e. The van der Waals surface area contributed by atoms with Gasteiger partial charge in [-0.15, -0.1) is 0 Å². The smallest absolute Gasteiger partial charge is 0.338 e. The number of ether oxygens (including phenoxy) is 1. The van der Waals surface area contributed by atoms with E-state index in [0.717, 1.165) is 0 Å². The third-order valence-electron chi connectivity index (χ3n) is 3.53. The van der Waals surface area contributed by atoms with Crippen molar-refractivity contribution < 1.29 is 22.7 Å². The Labute approximate surface area is 134 Å². The normalized spacial score (nSPS) is 22.1. The van der Waals surface area contributed by atoms with Gasteiger partial charge in [-0.2, -0.15) is 5.26 Å². The Morgan fingerprint density at radius 3 is 2.52 bits per heavy atom. The van der Waals surface area contributed by atoms with Gasteiger partial charge in [0.1, 0.15) is 0 Å². The fraction of sp³-hybridized carbons (Fsp3) is 0.400. The maximum absolute atomic E-state index is 11.8. The molecule has 0 radical (unpaired) electrons. The van der Waals surface area contributed by atoms with Crippen molar-refractivity contribution >= 4 is 21.7 Å². The molecule has 23 heavy (non-hydrogen) atoms. The summed E-state index contributed by atoms with van der Waals surface area (Å²) >= 11 is 0. The van der Waals surface area contributed by atoms with E-state index >= 15 is 0 Å². The molecule has 0 aromatic heterocycles. The summed E-state index contributed by atoms with van der Waals surface area (Å²) in [6.07, 6.45) is 0.338. The van der Waals surface area contributed by atoms with Crippen molar-refractivity contribution in [2.75, 3.05) is 18.1 Å². The first-order chi connectivity index (χ1) is 10.7. The van der Waals surface area contributed by atoms with Crippen molar-refractivity contribution in [1.29, 1.82) is 5.26 Å². The standard InChI is InChI=1S/C15H16N2O5S/c1-15(6-7-23(20,21)10-15)17-13(18)9-22-14(19)12-4-2-11(8-16)3-5-12/h2-5H,6-7,9-10H2,1H3,(H,17,18). The van der Waals surface area contributed by atoms with Gasteiger partial charge in [-0.05, 0) is 37.6 Å². The molecule has 0 saturated carbocycles. The number of amides is 1. The number of carbonyl (C=O) groups excluding carboxylic acids is 2. The number of benzene rings is 1. The van der Waals surface area contributed by atoms with Gasteiger partial charge in [0, 0.05) is 0 Å². The van der Waals surface area contributed by atoms with E-state index in [9.17, 15) is 18.0 Å². The van der Waals surface area contributed by atoms with E-state index in [1.165, 1.54) is 24.3 Å². The number of sulfone groups is 1. The van der Waals surface area contributed by atoms with Crippen molar-refractivity contribution in [3.8, 4) is 6.07 Å². The van der Waals surface area contributed by atoms with Gasteiger partial charge < -0.3 is 10.1 Å². The molecule has 1 heterocycles. The molecule has 122 valence electrons. The lowest BCUT2D eigenvalue weighted by Crippen LogP contribution is -2.48. The van der Waals surface area contributed by atoms with Gasteiger partial charge in [0.15, 0.2) is 16.4 Å². The van der Waals surface area contributed by atoms with E-state index in [2.05, 4.69) is 5.32 Å². The van der Waals surface area contributed by atoms with E-state index in [1.54, 1.807) is 6.92 Å². The highest BCUT2D eigenvalue weighted by Crippen LogP contribution is 2.22. The summed E-state index contributed by atoms with van der Waals surface area (Å²) in [7, 11) is -3.13. The van der Waals surface area contributed by atoms with Gasteiger partial charge in [-0.1, -0.05) is 0 Å². The summed E-state index contributed by atoms with van der Waals surface area (Å²) in [5.41, 5.74) is -0.183. The van der Waals surface area contributed by atoms with E-state index in [1.807, 2.05) is 6.07 Å². The molecule has 1 aliphatic heterocycles. The molecule has 0 bridgehead atoms. The van der Waals surface area contributed by atoms with Crippen molar-refractivity contribution in [3.05, 3.63) is 35.4 Å². The molecular formula is C15H16N2O5S. The lowest BCUT2D eigenvalue weighted by Gasteiger charge is -2.23. The van der Waals surface area contributed by atoms with Crippen molar-refractivity contribution in [1.82, 2.24) is 5.32 Å². The summed E-state index contributed by atoms with van der Waals surface area (Å²) in [6, 6.07) is 7.74.